The maximum Gasteiger partial charge on any atom is 0.225 e. The molecule has 0 atom stereocenters. The predicted octanol–water partition coefficient (Wildman–Crippen LogP) is 1.36. The quantitative estimate of drug-likeness (QED) is 0.832. The predicted molar refractivity (Wildman–Crippen MR) is 76.2 cm³/mol. The van der Waals surface area contributed by atoms with Gasteiger partial charge in [0.2, 0.25) is 11.9 Å². The molecule has 1 aliphatic rings. The molecule has 0 aliphatic carbocycles. The van der Waals surface area contributed by atoms with Gasteiger partial charge in [-0.25, -0.2) is 19.9 Å². The zero-order chi connectivity index (χ0) is 13.1. The van der Waals surface area contributed by atoms with Gasteiger partial charge in [0.25, 0.3) is 0 Å². The average molecular weight is 321 g/mol. The van der Waals surface area contributed by atoms with Crippen LogP contribution in [0.5, 0.6) is 0 Å². The van der Waals surface area contributed by atoms with Gasteiger partial charge in [-0.1, -0.05) is 0 Å². The van der Waals surface area contributed by atoms with Gasteiger partial charge in [-0.2, -0.15) is 0 Å². The van der Waals surface area contributed by atoms with Crippen LogP contribution < -0.4 is 9.80 Å². The van der Waals surface area contributed by atoms with Crippen LogP contribution in [0.25, 0.3) is 0 Å². The van der Waals surface area contributed by atoms with Crippen LogP contribution >= 0.6 is 15.9 Å². The lowest BCUT2D eigenvalue weighted by atomic mass is 10.3. The van der Waals surface area contributed by atoms with Crippen molar-refractivity contribution in [3.05, 3.63) is 35.3 Å². The van der Waals surface area contributed by atoms with E-state index in [1.165, 1.54) is 0 Å². The zero-order valence-corrected chi connectivity index (χ0v) is 11.9. The second-order valence-corrected chi connectivity index (χ2v) is 5.14. The molecule has 0 unspecified atom stereocenters. The lowest BCUT2D eigenvalue weighted by molar-refractivity contribution is 0.627. The van der Waals surface area contributed by atoms with E-state index in [2.05, 4.69) is 45.7 Å². The van der Waals surface area contributed by atoms with Gasteiger partial charge >= 0.3 is 0 Å². The van der Waals surface area contributed by atoms with E-state index >= 15 is 0 Å². The Kier molecular flexibility index (Phi) is 3.54. The summed E-state index contributed by atoms with van der Waals surface area (Å²) in [5.74, 6) is 1.57. The van der Waals surface area contributed by atoms with Crippen molar-refractivity contribution in [3.63, 3.8) is 0 Å². The molecular formula is C12H13BrN6. The van der Waals surface area contributed by atoms with Crippen LogP contribution in [0.2, 0.25) is 0 Å². The van der Waals surface area contributed by atoms with Crippen LogP contribution in [0.1, 0.15) is 0 Å². The first-order valence-corrected chi connectivity index (χ1v) is 6.87. The highest BCUT2D eigenvalue weighted by atomic mass is 79.9. The largest absolute Gasteiger partial charge is 0.337 e. The molecule has 0 saturated carbocycles. The summed E-state index contributed by atoms with van der Waals surface area (Å²) in [6.07, 6.45) is 7.09. The number of rotatable bonds is 2. The Morgan fingerprint density at radius 2 is 1.26 bits per heavy atom. The van der Waals surface area contributed by atoms with Crippen molar-refractivity contribution in [1.82, 2.24) is 19.9 Å². The Morgan fingerprint density at radius 3 is 1.79 bits per heavy atom. The van der Waals surface area contributed by atoms with Crippen molar-refractivity contribution < 1.29 is 0 Å². The minimum Gasteiger partial charge on any atom is -0.337 e. The summed E-state index contributed by atoms with van der Waals surface area (Å²) in [5.41, 5.74) is 0. The fraction of sp³-hybridized carbons (Fsp3) is 0.333. The number of hydrogen-bond donors (Lipinski definition) is 0. The maximum atomic E-state index is 4.32. The van der Waals surface area contributed by atoms with Crippen molar-refractivity contribution in [2.75, 3.05) is 36.0 Å². The van der Waals surface area contributed by atoms with Gasteiger partial charge in [0, 0.05) is 51.0 Å². The van der Waals surface area contributed by atoms with Crippen LogP contribution in [-0.2, 0) is 0 Å². The summed E-state index contributed by atoms with van der Waals surface area (Å²) in [4.78, 5) is 21.5. The Balaban J connectivity index is 1.65. The van der Waals surface area contributed by atoms with E-state index in [0.717, 1.165) is 42.5 Å². The second-order valence-electron chi connectivity index (χ2n) is 4.22. The van der Waals surface area contributed by atoms with Gasteiger partial charge < -0.3 is 9.80 Å². The molecule has 0 radical (unpaired) electrons. The Hall–Kier alpha value is -1.76. The molecule has 19 heavy (non-hydrogen) atoms. The summed E-state index contributed by atoms with van der Waals surface area (Å²) >= 11 is 3.34. The minimum absolute atomic E-state index is 0.775. The number of aromatic nitrogens is 4. The Labute approximate surface area is 119 Å². The first-order chi connectivity index (χ1) is 9.33. The van der Waals surface area contributed by atoms with Crippen molar-refractivity contribution in [2.24, 2.45) is 0 Å². The van der Waals surface area contributed by atoms with E-state index in [4.69, 9.17) is 0 Å². The minimum atomic E-state index is 0.775. The van der Waals surface area contributed by atoms with Crippen LogP contribution in [0.3, 0.4) is 0 Å². The normalized spacial score (nSPS) is 15.6. The topological polar surface area (TPSA) is 58.0 Å². The van der Waals surface area contributed by atoms with Gasteiger partial charge in [-0.15, -0.1) is 0 Å². The zero-order valence-electron chi connectivity index (χ0n) is 10.3. The van der Waals surface area contributed by atoms with E-state index in [-0.39, 0.29) is 0 Å². The van der Waals surface area contributed by atoms with Gasteiger partial charge in [-0.05, 0) is 22.0 Å². The third kappa shape index (κ3) is 2.81. The number of hydrogen-bond acceptors (Lipinski definition) is 6. The standard InChI is InChI=1S/C12H13BrN6/c13-10-8-16-12(17-9-10)19-6-4-18(5-7-19)11-14-2-1-3-15-11/h1-3,8-9H,4-7H2. The first-order valence-electron chi connectivity index (χ1n) is 6.07. The first kappa shape index (κ1) is 12.3. The summed E-state index contributed by atoms with van der Waals surface area (Å²) in [6.45, 7) is 3.51. The molecule has 1 aliphatic heterocycles. The molecule has 0 aromatic carbocycles. The highest BCUT2D eigenvalue weighted by Crippen LogP contribution is 2.15. The fourth-order valence-electron chi connectivity index (χ4n) is 2.03. The smallest absolute Gasteiger partial charge is 0.225 e. The molecule has 3 heterocycles. The molecular weight excluding hydrogens is 308 g/mol. The van der Waals surface area contributed by atoms with Crippen LogP contribution in [-0.4, -0.2) is 46.1 Å². The van der Waals surface area contributed by atoms with E-state index in [1.54, 1.807) is 24.8 Å². The lowest BCUT2D eigenvalue weighted by Gasteiger charge is -2.34. The molecule has 0 amide bonds. The molecule has 2 aromatic rings. The number of piperazine rings is 1. The Bertz CT molecular complexity index is 524. The van der Waals surface area contributed by atoms with E-state index in [1.807, 2.05) is 6.07 Å². The Morgan fingerprint density at radius 1 is 0.789 bits per heavy atom. The molecule has 7 heteroatoms. The van der Waals surface area contributed by atoms with Gasteiger partial charge in [-0.3, -0.25) is 0 Å². The molecule has 0 bridgehead atoms. The molecule has 2 aromatic heterocycles. The molecule has 1 fully saturated rings. The van der Waals surface area contributed by atoms with Crippen LogP contribution in [0.4, 0.5) is 11.9 Å². The maximum absolute atomic E-state index is 4.32. The van der Waals surface area contributed by atoms with Crippen molar-refractivity contribution >= 4 is 27.8 Å². The third-order valence-electron chi connectivity index (χ3n) is 3.00. The van der Waals surface area contributed by atoms with Gasteiger partial charge in [0.1, 0.15) is 0 Å². The van der Waals surface area contributed by atoms with E-state index in [9.17, 15) is 0 Å². The van der Waals surface area contributed by atoms with Crippen LogP contribution in [0, 0.1) is 0 Å². The van der Waals surface area contributed by atoms with Gasteiger partial charge in [0.05, 0.1) is 4.47 Å². The number of nitrogens with zero attached hydrogens (tertiary/aromatic N) is 6. The van der Waals surface area contributed by atoms with Crippen LogP contribution in [0.15, 0.2) is 35.3 Å². The highest BCUT2D eigenvalue weighted by molar-refractivity contribution is 9.10. The van der Waals surface area contributed by atoms with Crippen molar-refractivity contribution in [2.45, 2.75) is 0 Å². The van der Waals surface area contributed by atoms with E-state index < -0.39 is 0 Å². The lowest BCUT2D eigenvalue weighted by Crippen LogP contribution is -2.47. The SMILES string of the molecule is Brc1cnc(N2CCN(c3ncccn3)CC2)nc1. The molecule has 1 saturated heterocycles. The molecule has 98 valence electrons. The summed E-state index contributed by atoms with van der Waals surface area (Å²) < 4.78 is 0.896. The molecule has 0 N–H and O–H groups in total. The molecule has 3 rings (SSSR count). The number of anilines is 2. The average Bonchev–Trinajstić information content (AvgIpc) is 2.49. The van der Waals surface area contributed by atoms with Crippen molar-refractivity contribution in [3.8, 4) is 0 Å². The highest BCUT2D eigenvalue weighted by Gasteiger charge is 2.20. The van der Waals surface area contributed by atoms with E-state index in [0.29, 0.717) is 0 Å². The monoisotopic (exact) mass is 320 g/mol. The summed E-state index contributed by atoms with van der Waals surface area (Å²) in [6, 6.07) is 1.83. The summed E-state index contributed by atoms with van der Waals surface area (Å²) in [7, 11) is 0. The summed E-state index contributed by atoms with van der Waals surface area (Å²) in [5, 5.41) is 0. The third-order valence-corrected chi connectivity index (χ3v) is 3.41. The number of halogens is 1. The second kappa shape index (κ2) is 5.48. The van der Waals surface area contributed by atoms with Gasteiger partial charge in [0.15, 0.2) is 0 Å². The fourth-order valence-corrected chi connectivity index (χ4v) is 2.23. The molecule has 6 nitrogen and oxygen atoms in total. The molecule has 0 spiro atoms. The van der Waals surface area contributed by atoms with Crippen molar-refractivity contribution in [1.29, 1.82) is 0 Å².